The van der Waals surface area contributed by atoms with Crippen LogP contribution in [0, 0.1) is 10.1 Å². The van der Waals surface area contributed by atoms with E-state index in [0.717, 1.165) is 5.56 Å². The largest absolute Gasteiger partial charge is 0.398 e. The van der Waals surface area contributed by atoms with E-state index in [1.165, 1.54) is 6.07 Å². The smallest absolute Gasteiger partial charge is 0.275 e. The van der Waals surface area contributed by atoms with E-state index in [1.807, 2.05) is 32.9 Å². The predicted molar refractivity (Wildman–Crippen MR) is 93.9 cm³/mol. The standard InChI is InChI=1S/C16H25N2O2S/c1-11(21(5)6)7-8-12-9-13(16(2,3)4)15(18(19)20)10-14(12)17/h7-11H,17H2,1-6H3/q+1/b8-7+. The second-order valence-corrected chi connectivity index (χ2v) is 8.95. The van der Waals surface area contributed by atoms with Gasteiger partial charge in [-0.25, -0.2) is 0 Å². The van der Waals surface area contributed by atoms with Crippen LogP contribution < -0.4 is 5.73 Å². The summed E-state index contributed by atoms with van der Waals surface area (Å²) in [6.07, 6.45) is 8.47. The molecule has 0 heterocycles. The highest BCUT2D eigenvalue weighted by Gasteiger charge is 2.26. The number of hydrogen-bond acceptors (Lipinski definition) is 3. The first-order chi connectivity index (χ1) is 9.54. The molecule has 0 saturated carbocycles. The first-order valence-corrected chi connectivity index (χ1v) is 8.97. The van der Waals surface area contributed by atoms with Crippen molar-refractivity contribution >= 4 is 28.3 Å². The Kier molecular flexibility index (Phi) is 5.45. The van der Waals surface area contributed by atoms with Crippen LogP contribution >= 0.6 is 0 Å². The Morgan fingerprint density at radius 2 is 1.90 bits per heavy atom. The van der Waals surface area contributed by atoms with E-state index < -0.39 is 0 Å². The highest BCUT2D eigenvalue weighted by molar-refractivity contribution is 7.96. The number of nitrogens with zero attached hydrogens (tertiary/aromatic N) is 1. The van der Waals surface area contributed by atoms with Gasteiger partial charge < -0.3 is 5.73 Å². The minimum Gasteiger partial charge on any atom is -0.398 e. The number of anilines is 1. The number of rotatable bonds is 4. The molecular weight excluding hydrogens is 284 g/mol. The van der Waals surface area contributed by atoms with E-state index in [4.69, 9.17) is 5.73 Å². The van der Waals surface area contributed by atoms with Gasteiger partial charge in [0, 0.05) is 17.3 Å². The number of nitro benzene ring substituents is 1. The summed E-state index contributed by atoms with van der Waals surface area (Å²) in [5.41, 5.74) is 7.78. The van der Waals surface area contributed by atoms with Crippen LogP contribution in [0.25, 0.3) is 6.08 Å². The lowest BCUT2D eigenvalue weighted by Crippen LogP contribution is -2.15. The highest BCUT2D eigenvalue weighted by Crippen LogP contribution is 2.35. The predicted octanol–water partition coefficient (Wildman–Crippen LogP) is 3.75. The Balaban J connectivity index is 3.33. The number of hydrogen-bond donors (Lipinski definition) is 1. The van der Waals surface area contributed by atoms with Crippen molar-refractivity contribution < 1.29 is 4.92 Å². The summed E-state index contributed by atoms with van der Waals surface area (Å²) in [6.45, 7) is 8.07. The molecule has 0 aliphatic heterocycles. The van der Waals surface area contributed by atoms with Crippen LogP contribution in [-0.2, 0) is 16.3 Å². The number of nitrogens with two attached hydrogens (primary N) is 1. The van der Waals surface area contributed by atoms with Gasteiger partial charge in [-0.1, -0.05) is 26.8 Å². The second-order valence-electron chi connectivity index (χ2n) is 6.45. The first kappa shape index (κ1) is 17.6. The molecule has 2 N–H and O–H groups in total. The van der Waals surface area contributed by atoms with Gasteiger partial charge in [0.2, 0.25) is 0 Å². The maximum Gasteiger partial charge on any atom is 0.275 e. The van der Waals surface area contributed by atoms with Gasteiger partial charge in [0.1, 0.15) is 5.25 Å². The molecule has 4 nitrogen and oxygen atoms in total. The van der Waals surface area contributed by atoms with Crippen molar-refractivity contribution in [1.82, 2.24) is 0 Å². The fraction of sp³-hybridized carbons (Fsp3) is 0.500. The molecule has 0 amide bonds. The van der Waals surface area contributed by atoms with E-state index in [0.29, 0.717) is 16.5 Å². The van der Waals surface area contributed by atoms with Gasteiger partial charge in [0.05, 0.1) is 17.4 Å². The van der Waals surface area contributed by atoms with Gasteiger partial charge in [0.25, 0.3) is 5.69 Å². The van der Waals surface area contributed by atoms with Gasteiger partial charge >= 0.3 is 0 Å². The van der Waals surface area contributed by atoms with Crippen LogP contribution in [0.1, 0.15) is 38.8 Å². The van der Waals surface area contributed by atoms with Gasteiger partial charge in [-0.05, 0) is 40.9 Å². The number of nitrogen functional groups attached to an aromatic ring is 1. The normalized spacial score (nSPS) is 13.9. The molecule has 0 fully saturated rings. The zero-order valence-corrected chi connectivity index (χ0v) is 14.5. The van der Waals surface area contributed by atoms with E-state index in [9.17, 15) is 10.1 Å². The Bertz CT molecular complexity index is 560. The van der Waals surface area contributed by atoms with Gasteiger partial charge in [-0.2, -0.15) is 0 Å². The molecule has 1 aromatic rings. The van der Waals surface area contributed by atoms with E-state index in [-0.39, 0.29) is 26.9 Å². The summed E-state index contributed by atoms with van der Waals surface area (Å²) in [4.78, 5) is 10.9. The van der Waals surface area contributed by atoms with Crippen LogP contribution in [0.2, 0.25) is 0 Å². The van der Waals surface area contributed by atoms with Gasteiger partial charge in [-0.3, -0.25) is 10.1 Å². The van der Waals surface area contributed by atoms with Crippen molar-refractivity contribution in [1.29, 1.82) is 0 Å². The zero-order chi connectivity index (χ0) is 16.4. The van der Waals surface area contributed by atoms with Crippen molar-refractivity contribution in [3.63, 3.8) is 0 Å². The van der Waals surface area contributed by atoms with Crippen LogP contribution in [0.5, 0.6) is 0 Å². The van der Waals surface area contributed by atoms with Crippen LogP contribution in [0.15, 0.2) is 18.2 Å². The topological polar surface area (TPSA) is 69.2 Å². The Hall–Kier alpha value is -1.49. The lowest BCUT2D eigenvalue weighted by atomic mass is 9.84. The third-order valence-electron chi connectivity index (χ3n) is 3.50. The van der Waals surface area contributed by atoms with Crippen molar-refractivity contribution in [2.75, 3.05) is 18.2 Å². The molecular formula is C16H25N2O2S+. The third-order valence-corrected chi connectivity index (χ3v) is 5.14. The summed E-state index contributed by atoms with van der Waals surface area (Å²) in [5, 5.41) is 11.7. The fourth-order valence-corrected chi connectivity index (χ4v) is 2.31. The number of nitro groups is 1. The molecule has 0 bridgehead atoms. The molecule has 1 unspecified atom stereocenters. The van der Waals surface area contributed by atoms with Crippen LogP contribution in [-0.4, -0.2) is 22.7 Å². The summed E-state index contributed by atoms with van der Waals surface area (Å²) >= 11 is 0. The summed E-state index contributed by atoms with van der Waals surface area (Å²) in [5.74, 6) is 0. The molecule has 0 aromatic heterocycles. The van der Waals surface area contributed by atoms with E-state index in [1.54, 1.807) is 0 Å². The fourth-order valence-electron chi connectivity index (χ4n) is 1.91. The Morgan fingerprint density at radius 1 is 1.33 bits per heavy atom. The molecule has 1 rings (SSSR count). The molecule has 5 heteroatoms. The Morgan fingerprint density at radius 3 is 2.33 bits per heavy atom. The lowest BCUT2D eigenvalue weighted by Gasteiger charge is -2.20. The van der Waals surface area contributed by atoms with E-state index >= 15 is 0 Å². The summed E-state index contributed by atoms with van der Waals surface area (Å²) in [7, 11) is 0.289. The van der Waals surface area contributed by atoms with Gasteiger partial charge in [-0.15, -0.1) is 0 Å². The molecule has 1 aromatic carbocycles. The minimum atomic E-state index is -0.359. The molecule has 0 saturated heterocycles. The summed E-state index contributed by atoms with van der Waals surface area (Å²) in [6, 6.07) is 3.32. The first-order valence-electron chi connectivity index (χ1n) is 6.87. The molecule has 0 spiro atoms. The average molecular weight is 309 g/mol. The van der Waals surface area contributed by atoms with Crippen molar-refractivity contribution in [3.8, 4) is 0 Å². The monoisotopic (exact) mass is 309 g/mol. The van der Waals surface area contributed by atoms with Gasteiger partial charge in [0.15, 0.2) is 0 Å². The maximum atomic E-state index is 11.2. The van der Waals surface area contributed by atoms with Crippen LogP contribution in [0.4, 0.5) is 11.4 Å². The highest BCUT2D eigenvalue weighted by atomic mass is 32.2. The third kappa shape index (κ3) is 4.49. The Labute approximate surface area is 129 Å². The molecule has 0 aliphatic carbocycles. The molecule has 0 radical (unpaired) electrons. The van der Waals surface area contributed by atoms with E-state index in [2.05, 4.69) is 25.5 Å². The SMILES string of the molecule is CC(/C=C/c1cc(C(C)(C)C)c([N+](=O)[O-])cc1N)[S+](C)C. The lowest BCUT2D eigenvalue weighted by molar-refractivity contribution is -0.385. The molecule has 0 aliphatic rings. The molecule has 116 valence electrons. The summed E-state index contributed by atoms with van der Waals surface area (Å²) < 4.78 is 0. The molecule has 21 heavy (non-hydrogen) atoms. The minimum absolute atomic E-state index is 0.0935. The second kappa shape index (κ2) is 6.52. The van der Waals surface area contributed by atoms with Crippen molar-refractivity contribution in [3.05, 3.63) is 39.4 Å². The van der Waals surface area contributed by atoms with Crippen molar-refractivity contribution in [2.45, 2.75) is 38.4 Å². The van der Waals surface area contributed by atoms with Crippen molar-refractivity contribution in [2.24, 2.45) is 0 Å². The average Bonchev–Trinajstić information content (AvgIpc) is 2.34. The number of benzene rings is 1. The zero-order valence-electron chi connectivity index (χ0n) is 13.6. The van der Waals surface area contributed by atoms with Crippen LogP contribution in [0.3, 0.4) is 0 Å². The maximum absolute atomic E-state index is 11.2. The molecule has 1 atom stereocenters. The quantitative estimate of drug-likeness (QED) is 0.398.